The molecule has 1 aliphatic rings. The third-order valence-electron chi connectivity index (χ3n) is 2.94. The molecule has 1 aliphatic heterocycles. The van der Waals surface area contributed by atoms with Crippen LogP contribution < -0.4 is 5.32 Å². The van der Waals surface area contributed by atoms with Crippen LogP contribution in [0.15, 0.2) is 28.6 Å². The Balaban J connectivity index is 2.16. The number of rotatable bonds is 5. The number of hydrogen-bond donors (Lipinski definition) is 1. The molecule has 1 saturated heterocycles. The van der Waals surface area contributed by atoms with E-state index in [1.54, 1.807) is 17.4 Å². The van der Waals surface area contributed by atoms with Crippen molar-refractivity contribution in [1.82, 2.24) is 10.2 Å². The van der Waals surface area contributed by atoms with E-state index in [9.17, 15) is 4.79 Å². The molecule has 1 N–H and O–H groups in total. The molecule has 0 saturated carbocycles. The van der Waals surface area contributed by atoms with Gasteiger partial charge in [-0.15, -0.1) is 17.9 Å². The third-order valence-corrected chi connectivity index (χ3v) is 4.68. The number of morpholine rings is 1. The molecule has 1 atom stereocenters. The van der Waals surface area contributed by atoms with E-state index >= 15 is 0 Å². The highest BCUT2D eigenvalue weighted by atomic mass is 79.9. The highest BCUT2D eigenvalue weighted by Crippen LogP contribution is 2.30. The highest BCUT2D eigenvalue weighted by Gasteiger charge is 2.29. The third kappa shape index (κ3) is 3.89. The first kappa shape index (κ1) is 14.7. The van der Waals surface area contributed by atoms with Crippen LogP contribution in [0.2, 0.25) is 0 Å². The van der Waals surface area contributed by atoms with Gasteiger partial charge in [0.2, 0.25) is 5.91 Å². The van der Waals surface area contributed by atoms with Crippen LogP contribution in [-0.4, -0.2) is 43.7 Å². The Labute approximate surface area is 125 Å². The van der Waals surface area contributed by atoms with Crippen molar-refractivity contribution in [3.63, 3.8) is 0 Å². The van der Waals surface area contributed by atoms with Gasteiger partial charge in [-0.1, -0.05) is 6.08 Å². The van der Waals surface area contributed by atoms with Gasteiger partial charge in [0.25, 0.3) is 0 Å². The molecule has 0 aliphatic carbocycles. The van der Waals surface area contributed by atoms with Gasteiger partial charge in [0.1, 0.15) is 6.04 Å². The molecule has 1 aromatic heterocycles. The standard InChI is InChI=1S/C13H17BrN2O2S/c1-2-3-15-13(17)12(11-8-10(14)9-19-11)16-4-6-18-7-5-16/h2,8-9,12H,1,3-7H2,(H,15,17)/t12-/m1/s1. The molecule has 0 aromatic carbocycles. The Morgan fingerprint density at radius 1 is 1.63 bits per heavy atom. The molecule has 6 heteroatoms. The maximum Gasteiger partial charge on any atom is 0.243 e. The molecule has 2 rings (SSSR count). The highest BCUT2D eigenvalue weighted by molar-refractivity contribution is 9.10. The van der Waals surface area contributed by atoms with Gasteiger partial charge in [0.15, 0.2) is 0 Å². The summed E-state index contributed by atoms with van der Waals surface area (Å²) in [6.07, 6.45) is 1.69. The average Bonchev–Trinajstić information content (AvgIpc) is 2.84. The van der Waals surface area contributed by atoms with Gasteiger partial charge in [-0.25, -0.2) is 0 Å². The summed E-state index contributed by atoms with van der Waals surface area (Å²) < 4.78 is 6.37. The molecular formula is C13H17BrN2O2S. The van der Waals surface area contributed by atoms with Crippen LogP contribution in [0.5, 0.6) is 0 Å². The lowest BCUT2D eigenvalue weighted by Gasteiger charge is -2.32. The molecule has 1 aromatic rings. The van der Waals surface area contributed by atoms with E-state index in [-0.39, 0.29) is 11.9 Å². The number of carbonyl (C=O) groups is 1. The van der Waals surface area contributed by atoms with Crippen molar-refractivity contribution in [2.75, 3.05) is 32.8 Å². The van der Waals surface area contributed by atoms with Gasteiger partial charge in [0, 0.05) is 34.4 Å². The monoisotopic (exact) mass is 344 g/mol. The van der Waals surface area contributed by atoms with E-state index in [0.717, 1.165) is 22.4 Å². The largest absolute Gasteiger partial charge is 0.379 e. The van der Waals surface area contributed by atoms with E-state index in [0.29, 0.717) is 19.8 Å². The molecule has 1 amide bonds. The molecule has 0 unspecified atom stereocenters. The zero-order valence-corrected chi connectivity index (χ0v) is 13.0. The van der Waals surface area contributed by atoms with Gasteiger partial charge in [-0.05, 0) is 22.0 Å². The summed E-state index contributed by atoms with van der Waals surface area (Å²) in [5.74, 6) is 0.0242. The first-order valence-electron chi connectivity index (χ1n) is 6.16. The van der Waals surface area contributed by atoms with Gasteiger partial charge in [-0.3, -0.25) is 9.69 Å². The number of carbonyl (C=O) groups excluding carboxylic acids is 1. The van der Waals surface area contributed by atoms with Gasteiger partial charge >= 0.3 is 0 Å². The topological polar surface area (TPSA) is 41.6 Å². The second kappa shape index (κ2) is 7.19. The van der Waals surface area contributed by atoms with E-state index < -0.39 is 0 Å². The van der Waals surface area contributed by atoms with Crippen LogP contribution in [0, 0.1) is 0 Å². The molecule has 1 fully saturated rings. The Kier molecular flexibility index (Phi) is 5.57. The summed E-state index contributed by atoms with van der Waals surface area (Å²) in [5, 5.41) is 4.89. The van der Waals surface area contributed by atoms with Crippen molar-refractivity contribution in [2.24, 2.45) is 0 Å². The Bertz CT molecular complexity index is 444. The van der Waals surface area contributed by atoms with Gasteiger partial charge < -0.3 is 10.1 Å². The quantitative estimate of drug-likeness (QED) is 0.832. The fourth-order valence-corrected chi connectivity index (χ4v) is 3.63. The predicted molar refractivity (Wildman–Crippen MR) is 80.4 cm³/mol. The molecule has 4 nitrogen and oxygen atoms in total. The lowest BCUT2D eigenvalue weighted by atomic mass is 10.1. The van der Waals surface area contributed by atoms with Crippen molar-refractivity contribution in [1.29, 1.82) is 0 Å². The molecular weight excluding hydrogens is 328 g/mol. The van der Waals surface area contributed by atoms with E-state index in [1.807, 2.05) is 11.4 Å². The van der Waals surface area contributed by atoms with E-state index in [2.05, 4.69) is 32.7 Å². The Morgan fingerprint density at radius 3 is 2.95 bits per heavy atom. The second-order valence-corrected chi connectivity index (χ2v) is 6.11. The zero-order valence-electron chi connectivity index (χ0n) is 10.6. The van der Waals surface area contributed by atoms with Crippen LogP contribution in [0.25, 0.3) is 0 Å². The number of hydrogen-bond acceptors (Lipinski definition) is 4. The number of thiophene rings is 1. The fourth-order valence-electron chi connectivity index (χ4n) is 2.05. The summed E-state index contributed by atoms with van der Waals surface area (Å²) in [7, 11) is 0. The minimum absolute atomic E-state index is 0.0242. The number of nitrogens with zero attached hydrogens (tertiary/aromatic N) is 1. The Morgan fingerprint density at radius 2 is 2.37 bits per heavy atom. The van der Waals surface area contributed by atoms with Crippen LogP contribution in [0.1, 0.15) is 10.9 Å². The molecule has 0 spiro atoms. The zero-order chi connectivity index (χ0) is 13.7. The average molecular weight is 345 g/mol. The minimum atomic E-state index is -0.236. The van der Waals surface area contributed by atoms with Crippen molar-refractivity contribution in [3.8, 4) is 0 Å². The number of halogens is 1. The lowest BCUT2D eigenvalue weighted by Crippen LogP contribution is -2.45. The normalized spacial score (nSPS) is 17.9. The first-order valence-corrected chi connectivity index (χ1v) is 7.84. The summed E-state index contributed by atoms with van der Waals surface area (Å²) in [6.45, 7) is 7.04. The number of nitrogens with one attached hydrogen (secondary N) is 1. The second-order valence-electron chi connectivity index (χ2n) is 4.25. The van der Waals surface area contributed by atoms with Gasteiger partial charge in [0.05, 0.1) is 13.2 Å². The van der Waals surface area contributed by atoms with E-state index in [1.165, 1.54) is 0 Å². The van der Waals surface area contributed by atoms with Gasteiger partial charge in [-0.2, -0.15) is 0 Å². The first-order chi connectivity index (χ1) is 9.22. The minimum Gasteiger partial charge on any atom is -0.379 e. The van der Waals surface area contributed by atoms with Crippen LogP contribution in [0.3, 0.4) is 0 Å². The molecule has 19 heavy (non-hydrogen) atoms. The van der Waals surface area contributed by atoms with Crippen molar-refractivity contribution >= 4 is 33.2 Å². The summed E-state index contributed by atoms with van der Waals surface area (Å²) >= 11 is 5.04. The number of amides is 1. The smallest absolute Gasteiger partial charge is 0.243 e. The van der Waals surface area contributed by atoms with Crippen molar-refractivity contribution in [2.45, 2.75) is 6.04 Å². The van der Waals surface area contributed by atoms with Crippen LogP contribution in [-0.2, 0) is 9.53 Å². The SMILES string of the molecule is C=CCNC(=O)[C@@H](c1cc(Br)cs1)N1CCOCC1. The summed E-state index contributed by atoms with van der Waals surface area (Å²) in [6, 6.07) is 1.78. The van der Waals surface area contributed by atoms with Crippen LogP contribution in [0.4, 0.5) is 0 Å². The predicted octanol–water partition coefficient (Wildman–Crippen LogP) is 2.19. The maximum absolute atomic E-state index is 12.4. The summed E-state index contributed by atoms with van der Waals surface area (Å²) in [4.78, 5) is 15.6. The lowest BCUT2D eigenvalue weighted by molar-refractivity contribution is -0.128. The summed E-state index contributed by atoms with van der Waals surface area (Å²) in [5.41, 5.74) is 0. The molecule has 0 bridgehead atoms. The molecule has 104 valence electrons. The van der Waals surface area contributed by atoms with Crippen molar-refractivity contribution < 1.29 is 9.53 Å². The Hall–Kier alpha value is -0.690. The van der Waals surface area contributed by atoms with E-state index in [4.69, 9.17) is 4.74 Å². The van der Waals surface area contributed by atoms with Crippen LogP contribution >= 0.6 is 27.3 Å². The molecule has 0 radical (unpaired) electrons. The van der Waals surface area contributed by atoms with Crippen molar-refractivity contribution in [3.05, 3.63) is 33.5 Å². The maximum atomic E-state index is 12.4. The number of ether oxygens (including phenoxy) is 1. The fraction of sp³-hybridized carbons (Fsp3) is 0.462. The molecule has 2 heterocycles.